The number of ether oxygens (including phenoxy) is 1. The zero-order chi connectivity index (χ0) is 20.2. The number of likely N-dealkylation sites (N-methyl/N-ethyl adjacent to an activating group) is 2. The average Bonchev–Trinajstić information content (AvgIpc) is 2.63. The maximum Gasteiger partial charge on any atom is 0.242 e. The number of nitrogens with one attached hydrogen (secondary N) is 1. The van der Waals surface area contributed by atoms with Crippen molar-refractivity contribution in [3.05, 3.63) is 29.8 Å². The van der Waals surface area contributed by atoms with Crippen molar-refractivity contribution >= 4 is 35.8 Å². The summed E-state index contributed by atoms with van der Waals surface area (Å²) in [7, 11) is 1.90. The lowest BCUT2D eigenvalue weighted by Crippen LogP contribution is -2.45. The lowest BCUT2D eigenvalue weighted by atomic mass is 10.1. The van der Waals surface area contributed by atoms with Crippen LogP contribution in [0.4, 0.5) is 0 Å². The molecule has 0 aliphatic heterocycles. The van der Waals surface area contributed by atoms with E-state index in [2.05, 4.69) is 22.4 Å². The minimum Gasteiger partial charge on any atom is -0.491 e. The highest BCUT2D eigenvalue weighted by molar-refractivity contribution is 14.0. The predicted octanol–water partition coefficient (Wildman–Crippen LogP) is 3.40. The predicted molar refractivity (Wildman–Crippen MR) is 128 cm³/mol. The van der Waals surface area contributed by atoms with Crippen molar-refractivity contribution in [3.63, 3.8) is 0 Å². The third-order valence-corrected chi connectivity index (χ3v) is 4.14. The van der Waals surface area contributed by atoms with Gasteiger partial charge in [-0.2, -0.15) is 0 Å². The third kappa shape index (κ3) is 9.61. The molecule has 0 heterocycles. The molecule has 1 amide bonds. The van der Waals surface area contributed by atoms with E-state index >= 15 is 0 Å². The summed E-state index contributed by atoms with van der Waals surface area (Å²) in [6.07, 6.45) is 1.02. The summed E-state index contributed by atoms with van der Waals surface area (Å²) in [4.78, 5) is 20.7. The number of carbonyl (C=O) groups is 1. The number of carbonyl (C=O) groups excluding carboxylic acids is 1. The Hall–Kier alpha value is -1.51. The van der Waals surface area contributed by atoms with E-state index < -0.39 is 0 Å². The number of nitrogens with zero attached hydrogens (tertiary/aromatic N) is 3. The quantitative estimate of drug-likeness (QED) is 0.302. The van der Waals surface area contributed by atoms with Gasteiger partial charge in [0, 0.05) is 33.2 Å². The molecule has 0 spiro atoms. The van der Waals surface area contributed by atoms with Crippen LogP contribution in [0.5, 0.6) is 5.75 Å². The first kappa shape index (κ1) is 26.5. The summed E-state index contributed by atoms with van der Waals surface area (Å²) in [6, 6.07) is 8.15. The van der Waals surface area contributed by atoms with Crippen molar-refractivity contribution in [3.8, 4) is 5.75 Å². The largest absolute Gasteiger partial charge is 0.491 e. The fraction of sp³-hybridized carbons (Fsp3) is 0.619. The number of guanidine groups is 1. The van der Waals surface area contributed by atoms with Crippen LogP contribution in [0.1, 0.15) is 40.2 Å². The lowest BCUT2D eigenvalue weighted by molar-refractivity contribution is -0.131. The molecule has 1 aromatic carbocycles. The van der Waals surface area contributed by atoms with Crippen LogP contribution in [0.25, 0.3) is 0 Å². The highest BCUT2D eigenvalue weighted by Gasteiger charge is 2.14. The summed E-state index contributed by atoms with van der Waals surface area (Å²) >= 11 is 0. The molecule has 7 heteroatoms. The van der Waals surface area contributed by atoms with E-state index in [0.717, 1.165) is 37.8 Å². The van der Waals surface area contributed by atoms with Gasteiger partial charge in [-0.3, -0.25) is 9.79 Å². The molecule has 0 atom stereocenters. The topological polar surface area (TPSA) is 57.2 Å². The molecule has 28 heavy (non-hydrogen) atoms. The first-order chi connectivity index (χ1) is 12.9. The zero-order valence-corrected chi connectivity index (χ0v) is 20.5. The normalized spacial score (nSPS) is 11.0. The van der Waals surface area contributed by atoms with Crippen molar-refractivity contribution in [1.29, 1.82) is 0 Å². The zero-order valence-electron chi connectivity index (χ0n) is 18.2. The van der Waals surface area contributed by atoms with Crippen LogP contribution in [0.3, 0.4) is 0 Å². The summed E-state index contributed by atoms with van der Waals surface area (Å²) in [5, 5.41) is 3.26. The maximum atomic E-state index is 12.3. The molecule has 0 fully saturated rings. The Bertz CT molecular complexity index is 587. The Morgan fingerprint density at radius 2 is 1.75 bits per heavy atom. The smallest absolute Gasteiger partial charge is 0.242 e. The molecular formula is C21H37IN4O2. The second-order valence-electron chi connectivity index (χ2n) is 6.72. The van der Waals surface area contributed by atoms with E-state index in [1.807, 2.05) is 63.6 Å². The van der Waals surface area contributed by atoms with E-state index in [-0.39, 0.29) is 36.0 Å². The molecular weight excluding hydrogens is 467 g/mol. The van der Waals surface area contributed by atoms with Gasteiger partial charge in [-0.25, -0.2) is 0 Å². The first-order valence-corrected chi connectivity index (χ1v) is 9.93. The molecule has 6 nitrogen and oxygen atoms in total. The number of benzene rings is 1. The first-order valence-electron chi connectivity index (χ1n) is 9.93. The Balaban J connectivity index is 0.00000729. The highest BCUT2D eigenvalue weighted by atomic mass is 127. The SMILES string of the molecule is CCNC(=NCCc1ccc(OC(C)C)cc1)N(C)CC(=O)N(CC)CC.I. The fourth-order valence-corrected chi connectivity index (χ4v) is 2.72. The minimum absolute atomic E-state index is 0. The Morgan fingerprint density at radius 3 is 2.25 bits per heavy atom. The van der Waals surface area contributed by atoms with Gasteiger partial charge >= 0.3 is 0 Å². The van der Waals surface area contributed by atoms with Crippen LogP contribution in [0.2, 0.25) is 0 Å². The van der Waals surface area contributed by atoms with E-state index in [1.165, 1.54) is 5.56 Å². The fourth-order valence-electron chi connectivity index (χ4n) is 2.72. The van der Waals surface area contributed by atoms with Crippen LogP contribution < -0.4 is 10.1 Å². The number of aliphatic imine (C=N–C) groups is 1. The molecule has 1 N–H and O–H groups in total. The van der Waals surface area contributed by atoms with Gasteiger partial charge in [-0.15, -0.1) is 24.0 Å². The Labute approximate surface area is 187 Å². The highest BCUT2D eigenvalue weighted by Crippen LogP contribution is 2.14. The second-order valence-corrected chi connectivity index (χ2v) is 6.72. The summed E-state index contributed by atoms with van der Waals surface area (Å²) < 4.78 is 5.67. The van der Waals surface area contributed by atoms with Gasteiger partial charge in [0.2, 0.25) is 5.91 Å². The third-order valence-electron chi connectivity index (χ3n) is 4.14. The van der Waals surface area contributed by atoms with Gasteiger partial charge in [-0.1, -0.05) is 12.1 Å². The standard InChI is InChI=1S/C21H36N4O2.HI/c1-7-22-21(24(6)16-20(26)25(8-2)9-3)23-15-14-18-10-12-19(13-11-18)27-17(4)5;/h10-13,17H,7-9,14-16H2,1-6H3,(H,22,23);1H. The van der Waals surface area contributed by atoms with E-state index in [0.29, 0.717) is 13.1 Å². The van der Waals surface area contributed by atoms with Gasteiger partial charge in [-0.05, 0) is 58.7 Å². The second kappa shape index (κ2) is 14.5. The lowest BCUT2D eigenvalue weighted by Gasteiger charge is -2.25. The van der Waals surface area contributed by atoms with Crippen molar-refractivity contribution in [2.24, 2.45) is 4.99 Å². The van der Waals surface area contributed by atoms with Crippen molar-refractivity contribution in [2.45, 2.75) is 47.1 Å². The van der Waals surface area contributed by atoms with Crippen LogP contribution in [0, 0.1) is 0 Å². The number of hydrogen-bond donors (Lipinski definition) is 1. The molecule has 0 aliphatic carbocycles. The Morgan fingerprint density at radius 1 is 1.14 bits per heavy atom. The minimum atomic E-state index is 0. The number of rotatable bonds is 10. The van der Waals surface area contributed by atoms with E-state index in [1.54, 1.807) is 0 Å². The van der Waals surface area contributed by atoms with Gasteiger partial charge < -0.3 is 19.9 Å². The molecule has 0 saturated heterocycles. The molecule has 0 unspecified atom stereocenters. The van der Waals surface area contributed by atoms with Crippen molar-refractivity contribution in [2.75, 3.05) is 39.8 Å². The van der Waals surface area contributed by atoms with Gasteiger partial charge in [0.15, 0.2) is 5.96 Å². The van der Waals surface area contributed by atoms with Crippen LogP contribution in [0.15, 0.2) is 29.3 Å². The summed E-state index contributed by atoms with van der Waals surface area (Å²) in [5.74, 6) is 1.77. The number of halogens is 1. The van der Waals surface area contributed by atoms with Crippen LogP contribution in [-0.4, -0.2) is 67.5 Å². The van der Waals surface area contributed by atoms with Crippen LogP contribution in [-0.2, 0) is 11.2 Å². The molecule has 0 aliphatic rings. The van der Waals surface area contributed by atoms with Gasteiger partial charge in [0.05, 0.1) is 12.6 Å². The van der Waals surface area contributed by atoms with Gasteiger partial charge in [0.1, 0.15) is 5.75 Å². The van der Waals surface area contributed by atoms with Crippen molar-refractivity contribution < 1.29 is 9.53 Å². The summed E-state index contributed by atoms with van der Waals surface area (Å²) in [6.45, 7) is 13.3. The molecule has 0 saturated carbocycles. The molecule has 0 radical (unpaired) electrons. The average molecular weight is 504 g/mol. The van der Waals surface area contributed by atoms with Crippen molar-refractivity contribution in [1.82, 2.24) is 15.1 Å². The molecule has 160 valence electrons. The number of amides is 1. The molecule has 1 rings (SSSR count). The maximum absolute atomic E-state index is 12.3. The molecule has 1 aromatic rings. The Kier molecular flexibility index (Phi) is 13.7. The van der Waals surface area contributed by atoms with Gasteiger partial charge in [0.25, 0.3) is 0 Å². The van der Waals surface area contributed by atoms with E-state index in [9.17, 15) is 4.79 Å². The van der Waals surface area contributed by atoms with Crippen LogP contribution >= 0.6 is 24.0 Å². The molecule has 0 bridgehead atoms. The molecule has 0 aromatic heterocycles. The summed E-state index contributed by atoms with van der Waals surface area (Å²) in [5.41, 5.74) is 1.22. The van der Waals surface area contributed by atoms with E-state index in [4.69, 9.17) is 4.74 Å². The monoisotopic (exact) mass is 504 g/mol. The number of hydrogen-bond acceptors (Lipinski definition) is 3.